The SMILES string of the molecule is CCCCN1CCC(NC(=NC)NCc2ncc(C)s2)CC1.I. The quantitative estimate of drug-likeness (QED) is 0.397. The minimum Gasteiger partial charge on any atom is -0.354 e. The Morgan fingerprint density at radius 3 is 2.74 bits per heavy atom. The second-order valence-electron chi connectivity index (χ2n) is 5.90. The van der Waals surface area contributed by atoms with Crippen LogP contribution in [-0.4, -0.2) is 48.6 Å². The van der Waals surface area contributed by atoms with Crippen molar-refractivity contribution in [1.82, 2.24) is 20.5 Å². The number of likely N-dealkylation sites (tertiary alicyclic amines) is 1. The number of aryl methyl sites for hydroxylation is 1. The third-order valence-electron chi connectivity index (χ3n) is 4.06. The summed E-state index contributed by atoms with van der Waals surface area (Å²) in [5.74, 6) is 0.889. The van der Waals surface area contributed by atoms with E-state index in [0.29, 0.717) is 6.04 Å². The summed E-state index contributed by atoms with van der Waals surface area (Å²) in [5, 5.41) is 8.02. The number of nitrogens with zero attached hydrogens (tertiary/aromatic N) is 3. The number of guanidine groups is 1. The molecule has 5 nitrogen and oxygen atoms in total. The molecule has 1 fully saturated rings. The Morgan fingerprint density at radius 2 is 2.17 bits per heavy atom. The van der Waals surface area contributed by atoms with E-state index in [1.165, 1.54) is 50.2 Å². The van der Waals surface area contributed by atoms with E-state index in [9.17, 15) is 0 Å². The van der Waals surface area contributed by atoms with E-state index in [1.807, 2.05) is 13.2 Å². The van der Waals surface area contributed by atoms with E-state index in [-0.39, 0.29) is 24.0 Å². The van der Waals surface area contributed by atoms with Crippen molar-refractivity contribution in [3.63, 3.8) is 0 Å². The number of rotatable bonds is 6. The highest BCUT2D eigenvalue weighted by molar-refractivity contribution is 14.0. The maximum atomic E-state index is 4.37. The van der Waals surface area contributed by atoms with Gasteiger partial charge in [0.25, 0.3) is 0 Å². The summed E-state index contributed by atoms with van der Waals surface area (Å²) in [4.78, 5) is 12.5. The van der Waals surface area contributed by atoms with Gasteiger partial charge in [-0.1, -0.05) is 13.3 Å². The molecule has 1 saturated heterocycles. The number of aromatic nitrogens is 1. The number of thiazole rings is 1. The molecule has 0 bridgehead atoms. The molecule has 1 aliphatic rings. The Bertz CT molecular complexity index is 469. The van der Waals surface area contributed by atoms with E-state index in [1.54, 1.807) is 11.3 Å². The Labute approximate surface area is 161 Å². The van der Waals surface area contributed by atoms with Crippen molar-refractivity contribution in [3.8, 4) is 0 Å². The van der Waals surface area contributed by atoms with Gasteiger partial charge < -0.3 is 15.5 Å². The first-order chi connectivity index (χ1) is 10.7. The van der Waals surface area contributed by atoms with Crippen LogP contribution in [0.4, 0.5) is 0 Å². The fraction of sp³-hybridized carbons (Fsp3) is 0.750. The third kappa shape index (κ3) is 7.34. The van der Waals surface area contributed by atoms with Crippen LogP contribution in [0.3, 0.4) is 0 Å². The maximum Gasteiger partial charge on any atom is 0.191 e. The molecule has 23 heavy (non-hydrogen) atoms. The van der Waals surface area contributed by atoms with Gasteiger partial charge in [0.05, 0.1) is 6.54 Å². The second kappa shape index (κ2) is 11.2. The van der Waals surface area contributed by atoms with Gasteiger partial charge in [-0.15, -0.1) is 35.3 Å². The largest absolute Gasteiger partial charge is 0.354 e. The Morgan fingerprint density at radius 1 is 1.43 bits per heavy atom. The molecule has 0 aliphatic carbocycles. The zero-order valence-corrected chi connectivity index (χ0v) is 17.6. The third-order valence-corrected chi connectivity index (χ3v) is 4.97. The average molecular weight is 451 g/mol. The normalized spacial score (nSPS) is 16.9. The molecule has 0 aromatic carbocycles. The molecule has 0 spiro atoms. The van der Waals surface area contributed by atoms with Crippen LogP contribution < -0.4 is 10.6 Å². The molecule has 0 atom stereocenters. The Balaban J connectivity index is 0.00000264. The van der Waals surface area contributed by atoms with Crippen LogP contribution in [-0.2, 0) is 6.54 Å². The van der Waals surface area contributed by atoms with Gasteiger partial charge in [-0.3, -0.25) is 4.99 Å². The number of nitrogens with one attached hydrogen (secondary N) is 2. The summed E-state index contributed by atoms with van der Waals surface area (Å²) in [5.41, 5.74) is 0. The summed E-state index contributed by atoms with van der Waals surface area (Å²) in [6.07, 6.45) is 6.91. The number of unbranched alkanes of at least 4 members (excludes halogenated alkanes) is 1. The Hall–Kier alpha value is -0.410. The number of hydrogen-bond donors (Lipinski definition) is 2. The lowest BCUT2D eigenvalue weighted by Gasteiger charge is -2.33. The van der Waals surface area contributed by atoms with Gasteiger partial charge in [-0.2, -0.15) is 0 Å². The molecule has 2 rings (SSSR count). The van der Waals surface area contributed by atoms with Crippen LogP contribution in [0.2, 0.25) is 0 Å². The maximum absolute atomic E-state index is 4.37. The number of piperidine rings is 1. The highest BCUT2D eigenvalue weighted by Crippen LogP contribution is 2.12. The average Bonchev–Trinajstić information content (AvgIpc) is 2.96. The van der Waals surface area contributed by atoms with Gasteiger partial charge in [-0.05, 0) is 32.7 Å². The van der Waals surface area contributed by atoms with Crippen molar-refractivity contribution in [3.05, 3.63) is 16.1 Å². The number of aliphatic imine (C=N–C) groups is 1. The molecule has 7 heteroatoms. The van der Waals surface area contributed by atoms with Gasteiger partial charge in [0.1, 0.15) is 5.01 Å². The Kier molecular flexibility index (Phi) is 10.0. The zero-order chi connectivity index (χ0) is 15.8. The lowest BCUT2D eigenvalue weighted by Crippen LogP contribution is -2.48. The predicted octanol–water partition coefficient (Wildman–Crippen LogP) is 3.00. The van der Waals surface area contributed by atoms with E-state index >= 15 is 0 Å². The molecule has 2 N–H and O–H groups in total. The van der Waals surface area contributed by atoms with Crippen molar-refractivity contribution in [2.75, 3.05) is 26.7 Å². The minimum absolute atomic E-state index is 0. The molecular weight excluding hydrogens is 421 g/mol. The molecule has 0 amide bonds. The van der Waals surface area contributed by atoms with Crippen LogP contribution >= 0.6 is 35.3 Å². The van der Waals surface area contributed by atoms with E-state index < -0.39 is 0 Å². The first-order valence-corrected chi connectivity index (χ1v) is 9.13. The fourth-order valence-corrected chi connectivity index (χ4v) is 3.44. The summed E-state index contributed by atoms with van der Waals surface area (Å²) in [6, 6.07) is 0.530. The van der Waals surface area contributed by atoms with Gasteiger partial charge in [0.2, 0.25) is 0 Å². The summed E-state index contributed by atoms with van der Waals surface area (Å²) in [6.45, 7) is 8.72. The molecule has 0 unspecified atom stereocenters. The molecule has 1 aromatic heterocycles. The van der Waals surface area contributed by atoms with Gasteiger partial charge in [-0.25, -0.2) is 4.98 Å². The topological polar surface area (TPSA) is 52.5 Å². The molecule has 2 heterocycles. The predicted molar refractivity (Wildman–Crippen MR) is 110 cm³/mol. The van der Waals surface area contributed by atoms with Crippen molar-refractivity contribution in [2.45, 2.75) is 52.1 Å². The molecule has 0 saturated carbocycles. The molecular formula is C16H30IN5S. The van der Waals surface area contributed by atoms with Crippen LogP contribution in [0.25, 0.3) is 0 Å². The molecule has 1 aliphatic heterocycles. The van der Waals surface area contributed by atoms with Gasteiger partial charge in [0.15, 0.2) is 5.96 Å². The van der Waals surface area contributed by atoms with Gasteiger partial charge >= 0.3 is 0 Å². The van der Waals surface area contributed by atoms with Crippen LogP contribution in [0.15, 0.2) is 11.2 Å². The first-order valence-electron chi connectivity index (χ1n) is 8.32. The van der Waals surface area contributed by atoms with Crippen LogP contribution in [0.5, 0.6) is 0 Å². The highest BCUT2D eigenvalue weighted by atomic mass is 127. The summed E-state index contributed by atoms with van der Waals surface area (Å²) < 4.78 is 0. The van der Waals surface area contributed by atoms with Crippen molar-refractivity contribution >= 4 is 41.3 Å². The monoisotopic (exact) mass is 451 g/mol. The standard InChI is InChI=1S/C16H29N5S.HI/c1-4-5-8-21-9-6-14(7-10-21)20-16(17-3)19-12-15-18-11-13(2)22-15;/h11,14H,4-10,12H2,1-3H3,(H2,17,19,20);1H. The number of hydrogen-bond acceptors (Lipinski definition) is 4. The van der Waals surface area contributed by atoms with Crippen LogP contribution in [0.1, 0.15) is 42.5 Å². The molecule has 132 valence electrons. The number of halogens is 1. The molecule has 0 radical (unpaired) electrons. The van der Waals surface area contributed by atoms with Gasteiger partial charge in [0, 0.05) is 37.3 Å². The van der Waals surface area contributed by atoms with Crippen molar-refractivity contribution < 1.29 is 0 Å². The minimum atomic E-state index is 0. The molecule has 1 aromatic rings. The highest BCUT2D eigenvalue weighted by Gasteiger charge is 2.19. The summed E-state index contributed by atoms with van der Waals surface area (Å²) >= 11 is 1.73. The first kappa shape index (κ1) is 20.6. The zero-order valence-electron chi connectivity index (χ0n) is 14.5. The van der Waals surface area contributed by atoms with E-state index in [4.69, 9.17) is 0 Å². The van der Waals surface area contributed by atoms with E-state index in [0.717, 1.165) is 17.5 Å². The fourth-order valence-electron chi connectivity index (χ4n) is 2.71. The lowest BCUT2D eigenvalue weighted by molar-refractivity contribution is 0.203. The van der Waals surface area contributed by atoms with E-state index in [2.05, 4.69) is 39.4 Å². The van der Waals surface area contributed by atoms with Crippen molar-refractivity contribution in [1.29, 1.82) is 0 Å². The second-order valence-corrected chi connectivity index (χ2v) is 7.22. The summed E-state index contributed by atoms with van der Waals surface area (Å²) in [7, 11) is 1.83. The van der Waals surface area contributed by atoms with Crippen molar-refractivity contribution in [2.24, 2.45) is 4.99 Å². The smallest absolute Gasteiger partial charge is 0.191 e. The lowest BCUT2D eigenvalue weighted by atomic mass is 10.0. The van der Waals surface area contributed by atoms with Crippen LogP contribution in [0, 0.1) is 6.92 Å².